The van der Waals surface area contributed by atoms with Gasteiger partial charge in [0, 0.05) is 13.2 Å². The number of aryl methyl sites for hydroxylation is 2. The zero-order valence-corrected chi connectivity index (χ0v) is 16.7. The highest BCUT2D eigenvalue weighted by atomic mass is 35.5. The van der Waals surface area contributed by atoms with Gasteiger partial charge in [-0.05, 0) is 18.6 Å². The third-order valence-corrected chi connectivity index (χ3v) is 5.48. The molecule has 0 saturated carbocycles. The summed E-state index contributed by atoms with van der Waals surface area (Å²) in [4.78, 5) is 12.0. The predicted octanol–water partition coefficient (Wildman–Crippen LogP) is 1.17. The van der Waals surface area contributed by atoms with Gasteiger partial charge in [-0.1, -0.05) is 11.6 Å². The van der Waals surface area contributed by atoms with E-state index in [0.29, 0.717) is 41.2 Å². The Morgan fingerprint density at radius 2 is 2.17 bits per heavy atom. The lowest BCUT2D eigenvalue weighted by Crippen LogP contribution is -2.34. The van der Waals surface area contributed by atoms with Crippen molar-refractivity contribution in [3.63, 3.8) is 0 Å². The number of fused-ring (bicyclic) bond motifs is 2. The lowest BCUT2D eigenvalue weighted by atomic mass is 10.1. The molecular weight excluding hydrogens is 400 g/mol. The molecule has 11 heteroatoms. The smallest absolute Gasteiger partial charge is 0.296 e. The molecule has 2 aliphatic heterocycles. The minimum atomic E-state index is -0.624. The zero-order valence-electron chi connectivity index (χ0n) is 15.9. The van der Waals surface area contributed by atoms with Gasteiger partial charge in [0.15, 0.2) is 11.8 Å². The van der Waals surface area contributed by atoms with Crippen molar-refractivity contribution in [2.24, 2.45) is 7.05 Å². The van der Waals surface area contributed by atoms with E-state index >= 15 is 0 Å². The van der Waals surface area contributed by atoms with Crippen molar-refractivity contribution in [1.29, 1.82) is 0 Å². The van der Waals surface area contributed by atoms with Gasteiger partial charge >= 0.3 is 0 Å². The SMILES string of the molecule is Cc1cn(C)nc1CNc1nc2nc(O[C@@H]3CO[C@H]4[C@@H]3OC[C@H]4O)[nH]c2cc1Cl. The third-order valence-electron chi connectivity index (χ3n) is 5.19. The topological polar surface area (TPSA) is 119 Å². The number of anilines is 1. The summed E-state index contributed by atoms with van der Waals surface area (Å²) in [5, 5.41) is 17.9. The summed E-state index contributed by atoms with van der Waals surface area (Å²) in [6.07, 6.45) is 0.312. The third kappa shape index (κ3) is 3.42. The summed E-state index contributed by atoms with van der Waals surface area (Å²) >= 11 is 6.38. The highest BCUT2D eigenvalue weighted by molar-refractivity contribution is 6.33. The van der Waals surface area contributed by atoms with Gasteiger partial charge < -0.3 is 29.6 Å². The molecule has 5 rings (SSSR count). The Hall–Kier alpha value is -2.40. The van der Waals surface area contributed by atoms with Crippen LogP contribution in [0.1, 0.15) is 11.3 Å². The van der Waals surface area contributed by atoms with E-state index in [1.54, 1.807) is 10.7 Å². The van der Waals surface area contributed by atoms with E-state index in [1.165, 1.54) is 0 Å². The summed E-state index contributed by atoms with van der Waals surface area (Å²) in [6.45, 7) is 3.08. The number of ether oxygens (including phenoxy) is 3. The number of H-pyrrole nitrogens is 1. The summed E-state index contributed by atoms with van der Waals surface area (Å²) in [6, 6.07) is 2.06. The van der Waals surface area contributed by atoms with Crippen LogP contribution in [-0.2, 0) is 23.1 Å². The van der Waals surface area contributed by atoms with Crippen LogP contribution in [0.4, 0.5) is 5.82 Å². The second kappa shape index (κ2) is 7.13. The summed E-state index contributed by atoms with van der Waals surface area (Å²) in [7, 11) is 1.88. The van der Waals surface area contributed by atoms with Crippen LogP contribution in [0.2, 0.25) is 5.02 Å². The van der Waals surface area contributed by atoms with E-state index in [-0.39, 0.29) is 24.9 Å². The summed E-state index contributed by atoms with van der Waals surface area (Å²) in [5.41, 5.74) is 3.15. The lowest BCUT2D eigenvalue weighted by Gasteiger charge is -2.15. The first-order valence-corrected chi connectivity index (χ1v) is 9.73. The molecule has 5 heterocycles. The van der Waals surface area contributed by atoms with Crippen molar-refractivity contribution in [1.82, 2.24) is 24.7 Å². The standard InChI is InChI=1S/C18H21ClN6O4/c1-8-5-25(2)24-11(8)4-20-16-9(19)3-10-17(22-16)23-18(21-10)29-13-7-28-14-12(26)6-27-15(13)14/h3,5,12-15,26H,4,6-7H2,1-2H3,(H2,20,21,22,23)/t12-,13-,14-,15-/m1/s1. The number of aromatic nitrogens is 5. The van der Waals surface area contributed by atoms with Crippen molar-refractivity contribution >= 4 is 28.6 Å². The second-order valence-electron chi connectivity index (χ2n) is 7.34. The van der Waals surface area contributed by atoms with Gasteiger partial charge in [0.1, 0.15) is 24.1 Å². The Morgan fingerprint density at radius 3 is 2.97 bits per heavy atom. The highest BCUT2D eigenvalue weighted by Crippen LogP contribution is 2.30. The van der Waals surface area contributed by atoms with Crippen molar-refractivity contribution in [3.05, 3.63) is 28.5 Å². The van der Waals surface area contributed by atoms with Gasteiger partial charge in [-0.15, -0.1) is 0 Å². The number of hydrogen-bond acceptors (Lipinski definition) is 8. The van der Waals surface area contributed by atoms with Crippen LogP contribution in [0.3, 0.4) is 0 Å². The van der Waals surface area contributed by atoms with Crippen molar-refractivity contribution in [3.8, 4) is 6.01 Å². The zero-order chi connectivity index (χ0) is 20.1. The fraction of sp³-hybridized carbons (Fsp3) is 0.500. The van der Waals surface area contributed by atoms with Crippen LogP contribution < -0.4 is 10.1 Å². The number of imidazole rings is 1. The maximum Gasteiger partial charge on any atom is 0.296 e. The Labute approximate surface area is 171 Å². The number of pyridine rings is 1. The van der Waals surface area contributed by atoms with Gasteiger partial charge in [0.2, 0.25) is 0 Å². The molecular formula is C18H21ClN6O4. The molecule has 2 saturated heterocycles. The van der Waals surface area contributed by atoms with Crippen LogP contribution in [0.25, 0.3) is 11.2 Å². The number of aliphatic hydroxyl groups is 1. The molecule has 2 aliphatic rings. The molecule has 29 heavy (non-hydrogen) atoms. The first-order valence-electron chi connectivity index (χ1n) is 9.35. The maximum atomic E-state index is 9.84. The molecule has 10 nitrogen and oxygen atoms in total. The van der Waals surface area contributed by atoms with E-state index in [0.717, 1.165) is 11.3 Å². The molecule has 0 aromatic carbocycles. The Morgan fingerprint density at radius 1 is 1.34 bits per heavy atom. The van der Waals surface area contributed by atoms with Gasteiger partial charge in [0.05, 0.1) is 36.0 Å². The first-order chi connectivity index (χ1) is 14.0. The molecule has 0 radical (unpaired) electrons. The normalized spacial score (nSPS) is 26.2. The average molecular weight is 421 g/mol. The van der Waals surface area contributed by atoms with Crippen LogP contribution in [0.15, 0.2) is 12.3 Å². The molecule has 3 N–H and O–H groups in total. The maximum absolute atomic E-state index is 9.84. The quantitative estimate of drug-likeness (QED) is 0.562. The van der Waals surface area contributed by atoms with Crippen molar-refractivity contribution in [2.45, 2.75) is 37.9 Å². The number of halogens is 1. The monoisotopic (exact) mass is 420 g/mol. The molecule has 0 spiro atoms. The first kappa shape index (κ1) is 18.6. The molecule has 0 aliphatic carbocycles. The van der Waals surface area contributed by atoms with Gasteiger partial charge in [-0.25, -0.2) is 4.98 Å². The molecule has 0 bridgehead atoms. The molecule has 4 atom stereocenters. The number of nitrogens with one attached hydrogen (secondary N) is 2. The molecule has 0 unspecified atom stereocenters. The van der Waals surface area contributed by atoms with Crippen LogP contribution >= 0.6 is 11.6 Å². The Kier molecular flexibility index (Phi) is 4.58. The molecule has 154 valence electrons. The van der Waals surface area contributed by atoms with Gasteiger partial charge in [0.25, 0.3) is 6.01 Å². The number of hydrogen-bond donors (Lipinski definition) is 3. The van der Waals surface area contributed by atoms with Crippen LogP contribution in [-0.4, -0.2) is 67.5 Å². The lowest BCUT2D eigenvalue weighted by molar-refractivity contribution is 0.00706. The Balaban J connectivity index is 1.32. The molecule has 3 aromatic rings. The highest BCUT2D eigenvalue weighted by Gasteiger charge is 2.48. The minimum Gasteiger partial charge on any atom is -0.456 e. The largest absolute Gasteiger partial charge is 0.456 e. The Bertz CT molecular complexity index is 1050. The van der Waals surface area contributed by atoms with E-state index in [4.69, 9.17) is 25.8 Å². The number of aliphatic hydroxyl groups excluding tert-OH is 1. The molecule has 2 fully saturated rings. The van der Waals surface area contributed by atoms with Crippen LogP contribution in [0.5, 0.6) is 6.01 Å². The fourth-order valence-electron chi connectivity index (χ4n) is 3.76. The summed E-state index contributed by atoms with van der Waals surface area (Å²) < 4.78 is 18.8. The van der Waals surface area contributed by atoms with E-state index < -0.39 is 6.10 Å². The molecule has 3 aromatic heterocycles. The summed E-state index contributed by atoms with van der Waals surface area (Å²) in [5.74, 6) is 0.522. The minimum absolute atomic E-state index is 0.247. The second-order valence-corrected chi connectivity index (χ2v) is 7.74. The number of rotatable bonds is 5. The van der Waals surface area contributed by atoms with Crippen molar-refractivity contribution in [2.75, 3.05) is 18.5 Å². The van der Waals surface area contributed by atoms with E-state index in [2.05, 4.69) is 25.4 Å². The van der Waals surface area contributed by atoms with Crippen LogP contribution in [0, 0.1) is 6.92 Å². The molecule has 0 amide bonds. The number of aromatic amines is 1. The van der Waals surface area contributed by atoms with Gasteiger partial charge in [-0.2, -0.15) is 10.1 Å². The van der Waals surface area contributed by atoms with E-state index in [9.17, 15) is 5.11 Å². The fourth-order valence-corrected chi connectivity index (χ4v) is 3.98. The van der Waals surface area contributed by atoms with E-state index in [1.807, 2.05) is 20.2 Å². The van der Waals surface area contributed by atoms with Crippen molar-refractivity contribution < 1.29 is 19.3 Å². The predicted molar refractivity (Wildman–Crippen MR) is 104 cm³/mol. The number of nitrogens with zero attached hydrogens (tertiary/aromatic N) is 4. The van der Waals surface area contributed by atoms with Gasteiger partial charge in [-0.3, -0.25) is 4.68 Å². The average Bonchev–Trinajstić information content (AvgIpc) is 3.41.